The van der Waals surface area contributed by atoms with Gasteiger partial charge in [0.15, 0.2) is 0 Å². The van der Waals surface area contributed by atoms with E-state index in [2.05, 4.69) is 27.0 Å². The van der Waals surface area contributed by atoms with E-state index in [0.29, 0.717) is 6.54 Å². The largest absolute Gasteiger partial charge is 0.345 e. The van der Waals surface area contributed by atoms with E-state index >= 15 is 0 Å². The van der Waals surface area contributed by atoms with Gasteiger partial charge in [-0.2, -0.15) is 0 Å². The summed E-state index contributed by atoms with van der Waals surface area (Å²) in [5.74, 6) is 0. The van der Waals surface area contributed by atoms with E-state index in [1.807, 2.05) is 18.2 Å². The molecule has 2 aliphatic rings. The van der Waals surface area contributed by atoms with Crippen LogP contribution in [0.2, 0.25) is 0 Å². The summed E-state index contributed by atoms with van der Waals surface area (Å²) >= 11 is 0. The third-order valence-corrected chi connectivity index (χ3v) is 4.62. The van der Waals surface area contributed by atoms with Crippen LogP contribution in [0.3, 0.4) is 0 Å². The van der Waals surface area contributed by atoms with Crippen LogP contribution in [0.15, 0.2) is 41.5 Å². The molecule has 25 heavy (non-hydrogen) atoms. The average Bonchev–Trinajstić information content (AvgIpc) is 3.18. The number of likely N-dealkylation sites (tertiary alicyclic amines) is 1. The van der Waals surface area contributed by atoms with E-state index in [-0.39, 0.29) is 5.56 Å². The molecule has 0 bridgehead atoms. The third kappa shape index (κ3) is 4.76. The SMILES string of the molecule is O=CN1CCCC1.O=c1[nH]cnc2c1CN(Cc1ccccc1)CC2. The normalized spacial score (nSPS) is 16.7. The van der Waals surface area contributed by atoms with Gasteiger partial charge < -0.3 is 9.88 Å². The number of hydrogen-bond donors (Lipinski definition) is 1. The summed E-state index contributed by atoms with van der Waals surface area (Å²) in [6, 6.07) is 10.3. The summed E-state index contributed by atoms with van der Waals surface area (Å²) in [6.45, 7) is 4.48. The van der Waals surface area contributed by atoms with Crippen LogP contribution in [0.25, 0.3) is 0 Å². The average molecular weight is 340 g/mol. The smallest absolute Gasteiger partial charge is 0.255 e. The fourth-order valence-electron chi connectivity index (χ4n) is 3.23. The lowest BCUT2D eigenvalue weighted by molar-refractivity contribution is -0.117. The van der Waals surface area contributed by atoms with Gasteiger partial charge in [-0.05, 0) is 18.4 Å². The Balaban J connectivity index is 0.000000219. The second-order valence-corrected chi connectivity index (χ2v) is 6.45. The van der Waals surface area contributed by atoms with Crippen LogP contribution in [-0.4, -0.2) is 45.8 Å². The van der Waals surface area contributed by atoms with Crippen LogP contribution in [0, 0.1) is 0 Å². The number of rotatable bonds is 3. The first-order valence-corrected chi connectivity index (χ1v) is 8.77. The Bertz CT molecular complexity index is 739. The first-order valence-electron chi connectivity index (χ1n) is 8.77. The standard InChI is InChI=1S/C14H15N3O.C5H9NO/c18-14-12-9-17(7-6-13(12)15-10-16-14)8-11-4-2-1-3-5-11;7-5-6-3-1-2-4-6/h1-5,10H,6-9H2,(H,15,16,18);5H,1-4H2. The van der Waals surface area contributed by atoms with Crippen molar-refractivity contribution in [2.45, 2.75) is 32.4 Å². The number of aromatic amines is 1. The van der Waals surface area contributed by atoms with Gasteiger partial charge in [-0.3, -0.25) is 14.5 Å². The van der Waals surface area contributed by atoms with Gasteiger partial charge in [-0.25, -0.2) is 4.98 Å². The summed E-state index contributed by atoms with van der Waals surface area (Å²) in [7, 11) is 0. The van der Waals surface area contributed by atoms with Gasteiger partial charge in [0, 0.05) is 39.1 Å². The monoisotopic (exact) mass is 340 g/mol. The fourth-order valence-corrected chi connectivity index (χ4v) is 3.23. The van der Waals surface area contributed by atoms with Crippen LogP contribution in [-0.2, 0) is 24.3 Å². The summed E-state index contributed by atoms with van der Waals surface area (Å²) < 4.78 is 0. The lowest BCUT2D eigenvalue weighted by Gasteiger charge is -2.27. The molecule has 4 rings (SSSR count). The highest BCUT2D eigenvalue weighted by atomic mass is 16.1. The molecule has 1 amide bonds. The molecule has 0 atom stereocenters. The fraction of sp³-hybridized carbons (Fsp3) is 0.421. The van der Waals surface area contributed by atoms with Crippen molar-refractivity contribution in [3.63, 3.8) is 0 Å². The molecule has 0 radical (unpaired) electrons. The molecule has 0 spiro atoms. The Morgan fingerprint density at radius 3 is 2.56 bits per heavy atom. The maximum atomic E-state index is 11.7. The molecule has 3 heterocycles. The molecule has 132 valence electrons. The van der Waals surface area contributed by atoms with Gasteiger partial charge in [0.25, 0.3) is 5.56 Å². The number of amides is 1. The Morgan fingerprint density at radius 1 is 1.12 bits per heavy atom. The minimum Gasteiger partial charge on any atom is -0.345 e. The van der Waals surface area contributed by atoms with Crippen LogP contribution in [0.4, 0.5) is 0 Å². The Labute approximate surface area is 147 Å². The number of hydrogen-bond acceptors (Lipinski definition) is 4. The molecule has 6 nitrogen and oxygen atoms in total. The van der Waals surface area contributed by atoms with Gasteiger partial charge >= 0.3 is 0 Å². The molecule has 1 aromatic carbocycles. The highest BCUT2D eigenvalue weighted by molar-refractivity contribution is 5.47. The molecule has 0 unspecified atom stereocenters. The van der Waals surface area contributed by atoms with Crippen molar-refractivity contribution in [2.75, 3.05) is 19.6 Å². The number of carbonyl (C=O) groups excluding carboxylic acids is 1. The maximum Gasteiger partial charge on any atom is 0.255 e. The number of nitrogens with zero attached hydrogens (tertiary/aromatic N) is 3. The maximum absolute atomic E-state index is 11.7. The molecule has 1 saturated heterocycles. The van der Waals surface area contributed by atoms with E-state index in [0.717, 1.165) is 50.3 Å². The number of aromatic nitrogens is 2. The highest BCUT2D eigenvalue weighted by Gasteiger charge is 2.19. The topological polar surface area (TPSA) is 69.3 Å². The van der Waals surface area contributed by atoms with E-state index in [4.69, 9.17) is 0 Å². The van der Waals surface area contributed by atoms with E-state index < -0.39 is 0 Å². The number of carbonyl (C=O) groups is 1. The summed E-state index contributed by atoms with van der Waals surface area (Å²) in [5.41, 5.74) is 3.04. The summed E-state index contributed by atoms with van der Waals surface area (Å²) in [4.78, 5) is 32.7. The van der Waals surface area contributed by atoms with Crippen molar-refractivity contribution in [2.24, 2.45) is 0 Å². The Morgan fingerprint density at radius 2 is 1.88 bits per heavy atom. The van der Waals surface area contributed by atoms with Crippen molar-refractivity contribution in [1.82, 2.24) is 19.8 Å². The zero-order chi connectivity index (χ0) is 17.5. The van der Waals surface area contributed by atoms with Crippen molar-refractivity contribution in [3.05, 3.63) is 63.8 Å². The first kappa shape index (κ1) is 17.4. The van der Waals surface area contributed by atoms with Gasteiger partial charge in [-0.15, -0.1) is 0 Å². The zero-order valence-corrected chi connectivity index (χ0v) is 14.4. The van der Waals surface area contributed by atoms with Crippen LogP contribution >= 0.6 is 0 Å². The van der Waals surface area contributed by atoms with Crippen molar-refractivity contribution in [1.29, 1.82) is 0 Å². The first-order chi connectivity index (χ1) is 12.3. The number of fused-ring (bicyclic) bond motifs is 1. The van der Waals surface area contributed by atoms with E-state index in [1.165, 1.54) is 24.7 Å². The van der Waals surface area contributed by atoms with E-state index in [1.54, 1.807) is 4.90 Å². The van der Waals surface area contributed by atoms with Crippen LogP contribution in [0.5, 0.6) is 0 Å². The molecule has 0 saturated carbocycles. The van der Waals surface area contributed by atoms with E-state index in [9.17, 15) is 9.59 Å². The predicted octanol–water partition coefficient (Wildman–Crippen LogP) is 1.57. The third-order valence-electron chi connectivity index (χ3n) is 4.62. The molecule has 2 aromatic rings. The minimum absolute atomic E-state index is 0.00207. The lowest BCUT2D eigenvalue weighted by Crippen LogP contribution is -2.34. The lowest BCUT2D eigenvalue weighted by atomic mass is 10.1. The molecule has 6 heteroatoms. The number of benzene rings is 1. The second kappa shape index (κ2) is 8.58. The molecule has 0 aliphatic carbocycles. The Hall–Kier alpha value is -2.47. The zero-order valence-electron chi connectivity index (χ0n) is 14.4. The predicted molar refractivity (Wildman–Crippen MR) is 96.0 cm³/mol. The van der Waals surface area contributed by atoms with Gasteiger partial charge in [-0.1, -0.05) is 30.3 Å². The van der Waals surface area contributed by atoms with Crippen molar-refractivity contribution in [3.8, 4) is 0 Å². The van der Waals surface area contributed by atoms with Gasteiger partial charge in [0.2, 0.25) is 6.41 Å². The molecular formula is C19H24N4O2. The highest BCUT2D eigenvalue weighted by Crippen LogP contribution is 2.15. The second-order valence-electron chi connectivity index (χ2n) is 6.45. The summed E-state index contributed by atoms with van der Waals surface area (Å²) in [6.07, 6.45) is 5.66. The number of H-pyrrole nitrogens is 1. The minimum atomic E-state index is -0.00207. The molecule has 1 aromatic heterocycles. The van der Waals surface area contributed by atoms with Crippen molar-refractivity contribution >= 4 is 6.41 Å². The molecule has 1 fully saturated rings. The molecule has 2 aliphatic heterocycles. The van der Waals surface area contributed by atoms with Crippen LogP contribution in [0.1, 0.15) is 29.7 Å². The molecular weight excluding hydrogens is 316 g/mol. The van der Waals surface area contributed by atoms with Gasteiger partial charge in [0.05, 0.1) is 17.6 Å². The molecule has 1 N–H and O–H groups in total. The Kier molecular flexibility index (Phi) is 5.95. The van der Waals surface area contributed by atoms with Crippen LogP contribution < -0.4 is 5.56 Å². The quantitative estimate of drug-likeness (QED) is 0.861. The van der Waals surface area contributed by atoms with Gasteiger partial charge in [0.1, 0.15) is 0 Å². The van der Waals surface area contributed by atoms with Crippen molar-refractivity contribution < 1.29 is 4.79 Å². The summed E-state index contributed by atoms with van der Waals surface area (Å²) in [5, 5.41) is 0. The number of nitrogens with one attached hydrogen (secondary N) is 1.